The molecule has 4 nitrogen and oxygen atoms in total. The molecule has 0 aliphatic rings. The molecule has 2 aromatic carbocycles. The highest BCUT2D eigenvalue weighted by Crippen LogP contribution is 2.15. The highest BCUT2D eigenvalue weighted by atomic mass is 16.6. The maximum absolute atomic E-state index is 12.3. The van der Waals surface area contributed by atoms with Gasteiger partial charge in [0.2, 0.25) is 0 Å². The summed E-state index contributed by atoms with van der Waals surface area (Å²) in [6.45, 7) is 1.94. The van der Waals surface area contributed by atoms with Gasteiger partial charge in [0.15, 0.2) is 5.78 Å². The van der Waals surface area contributed by atoms with E-state index in [2.05, 4.69) is 0 Å². The topological polar surface area (TPSA) is 60.2 Å². The second-order valence-electron chi connectivity index (χ2n) is 4.98. The predicted molar refractivity (Wildman–Crippen MR) is 91.8 cm³/mol. The number of nitro groups is 1. The molecule has 0 bridgehead atoms. The Morgan fingerprint density at radius 3 is 2.26 bits per heavy atom. The van der Waals surface area contributed by atoms with Crippen molar-refractivity contribution >= 4 is 23.6 Å². The van der Waals surface area contributed by atoms with Crippen LogP contribution in [0.1, 0.15) is 24.5 Å². The van der Waals surface area contributed by atoms with Gasteiger partial charge in [0.05, 0.1) is 4.92 Å². The fourth-order valence-electron chi connectivity index (χ4n) is 2.08. The molecule has 0 aliphatic heterocycles. The Kier molecular flexibility index (Phi) is 5.58. The van der Waals surface area contributed by atoms with Crippen molar-refractivity contribution in [3.63, 3.8) is 0 Å². The minimum atomic E-state index is -0.448. The van der Waals surface area contributed by atoms with Crippen molar-refractivity contribution in [3.05, 3.63) is 87.5 Å². The monoisotopic (exact) mass is 307 g/mol. The Morgan fingerprint density at radius 2 is 1.70 bits per heavy atom. The maximum Gasteiger partial charge on any atom is 0.269 e. The Labute approximate surface area is 134 Å². The lowest BCUT2D eigenvalue weighted by Crippen LogP contribution is -1.97. The van der Waals surface area contributed by atoms with E-state index >= 15 is 0 Å². The standard InChI is InChI=1S/C19H17NO3/c1-2-17(14-16-6-4-3-5-7-16)19(21)13-10-15-8-11-18(12-9-15)20(22)23/h3-14H,2H2,1H3. The smallest absolute Gasteiger partial charge is 0.269 e. The van der Waals surface area contributed by atoms with Crippen LogP contribution in [0.5, 0.6) is 0 Å². The summed E-state index contributed by atoms with van der Waals surface area (Å²) in [5.41, 5.74) is 2.49. The van der Waals surface area contributed by atoms with Crippen LogP contribution in [0.25, 0.3) is 12.2 Å². The zero-order valence-electron chi connectivity index (χ0n) is 12.8. The molecule has 0 N–H and O–H groups in total. The Morgan fingerprint density at radius 1 is 1.04 bits per heavy atom. The number of benzene rings is 2. The highest BCUT2D eigenvalue weighted by Gasteiger charge is 2.05. The lowest BCUT2D eigenvalue weighted by Gasteiger charge is -2.00. The number of carbonyl (C=O) groups is 1. The van der Waals surface area contributed by atoms with Gasteiger partial charge in [-0.25, -0.2) is 0 Å². The van der Waals surface area contributed by atoms with Crippen molar-refractivity contribution in [2.45, 2.75) is 13.3 Å². The molecule has 0 heterocycles. The number of rotatable bonds is 6. The summed E-state index contributed by atoms with van der Waals surface area (Å²) < 4.78 is 0. The van der Waals surface area contributed by atoms with E-state index in [1.165, 1.54) is 18.2 Å². The van der Waals surface area contributed by atoms with E-state index in [0.29, 0.717) is 6.42 Å². The molecule has 2 aromatic rings. The van der Waals surface area contributed by atoms with Crippen molar-refractivity contribution in [2.24, 2.45) is 0 Å². The van der Waals surface area contributed by atoms with Crippen molar-refractivity contribution in [2.75, 3.05) is 0 Å². The van der Waals surface area contributed by atoms with E-state index < -0.39 is 4.92 Å². The van der Waals surface area contributed by atoms with Crippen molar-refractivity contribution in [1.29, 1.82) is 0 Å². The van der Waals surface area contributed by atoms with Crippen LogP contribution in [0.2, 0.25) is 0 Å². The fourth-order valence-corrected chi connectivity index (χ4v) is 2.08. The van der Waals surface area contributed by atoms with Gasteiger partial charge >= 0.3 is 0 Å². The maximum atomic E-state index is 12.3. The Bertz CT molecular complexity index is 744. The normalized spacial score (nSPS) is 11.6. The van der Waals surface area contributed by atoms with E-state index in [1.807, 2.05) is 43.3 Å². The third kappa shape index (κ3) is 4.74. The van der Waals surface area contributed by atoms with E-state index in [-0.39, 0.29) is 11.5 Å². The first-order valence-electron chi connectivity index (χ1n) is 7.32. The van der Waals surface area contributed by atoms with E-state index in [0.717, 1.165) is 16.7 Å². The van der Waals surface area contributed by atoms with Crippen molar-refractivity contribution in [1.82, 2.24) is 0 Å². The van der Waals surface area contributed by atoms with Gasteiger partial charge < -0.3 is 0 Å². The number of nitrogens with zero attached hydrogens (tertiary/aromatic N) is 1. The van der Waals surface area contributed by atoms with Crippen molar-refractivity contribution < 1.29 is 9.72 Å². The zero-order valence-corrected chi connectivity index (χ0v) is 12.8. The van der Waals surface area contributed by atoms with Crippen LogP contribution in [0.3, 0.4) is 0 Å². The summed E-state index contributed by atoms with van der Waals surface area (Å²) in [5, 5.41) is 10.6. The molecule has 0 atom stereocenters. The van der Waals surface area contributed by atoms with E-state index in [9.17, 15) is 14.9 Å². The van der Waals surface area contributed by atoms with Crippen LogP contribution in [-0.2, 0) is 4.79 Å². The first-order chi connectivity index (χ1) is 11.1. The molecular weight excluding hydrogens is 290 g/mol. The molecule has 0 radical (unpaired) electrons. The molecule has 0 spiro atoms. The van der Waals surface area contributed by atoms with Gasteiger partial charge in [-0.15, -0.1) is 0 Å². The largest absolute Gasteiger partial charge is 0.290 e. The van der Waals surface area contributed by atoms with E-state index in [4.69, 9.17) is 0 Å². The van der Waals surface area contributed by atoms with Crippen LogP contribution < -0.4 is 0 Å². The van der Waals surface area contributed by atoms with Gasteiger partial charge in [-0.3, -0.25) is 14.9 Å². The third-order valence-corrected chi connectivity index (χ3v) is 3.37. The number of ketones is 1. The average molecular weight is 307 g/mol. The van der Waals surface area contributed by atoms with Crippen LogP contribution in [0.4, 0.5) is 5.69 Å². The number of allylic oxidation sites excluding steroid dienone is 2. The molecule has 0 aliphatic carbocycles. The molecule has 0 unspecified atom stereocenters. The second-order valence-corrected chi connectivity index (χ2v) is 4.98. The predicted octanol–water partition coefficient (Wildman–Crippen LogP) is 4.67. The molecule has 23 heavy (non-hydrogen) atoms. The number of non-ortho nitro benzene ring substituents is 1. The number of hydrogen-bond donors (Lipinski definition) is 0. The van der Waals surface area contributed by atoms with Crippen LogP contribution >= 0.6 is 0 Å². The minimum Gasteiger partial charge on any atom is -0.290 e. The van der Waals surface area contributed by atoms with Gasteiger partial charge in [-0.1, -0.05) is 43.3 Å². The second kappa shape index (κ2) is 7.84. The lowest BCUT2D eigenvalue weighted by atomic mass is 10.0. The summed E-state index contributed by atoms with van der Waals surface area (Å²) >= 11 is 0. The van der Waals surface area contributed by atoms with Crippen molar-refractivity contribution in [3.8, 4) is 0 Å². The van der Waals surface area contributed by atoms with Crippen LogP contribution in [0, 0.1) is 10.1 Å². The lowest BCUT2D eigenvalue weighted by molar-refractivity contribution is -0.384. The average Bonchev–Trinajstić information content (AvgIpc) is 2.58. The SMILES string of the molecule is CCC(=Cc1ccccc1)C(=O)C=Cc1ccc([N+](=O)[O-])cc1. The van der Waals surface area contributed by atoms with E-state index in [1.54, 1.807) is 18.2 Å². The molecule has 116 valence electrons. The molecule has 0 aromatic heterocycles. The van der Waals surface area contributed by atoms with Gasteiger partial charge in [0.25, 0.3) is 5.69 Å². The van der Waals surface area contributed by atoms with Gasteiger partial charge in [0, 0.05) is 12.1 Å². The molecule has 0 saturated heterocycles. The van der Waals surface area contributed by atoms with Gasteiger partial charge in [-0.05, 0) is 47.4 Å². The summed E-state index contributed by atoms with van der Waals surface area (Å²) in [5.74, 6) is -0.0605. The van der Waals surface area contributed by atoms with Gasteiger partial charge in [-0.2, -0.15) is 0 Å². The number of carbonyl (C=O) groups excluding carboxylic acids is 1. The molecular formula is C19H17NO3. The summed E-state index contributed by atoms with van der Waals surface area (Å²) in [6, 6.07) is 15.8. The van der Waals surface area contributed by atoms with Crippen LogP contribution in [-0.4, -0.2) is 10.7 Å². The Hall–Kier alpha value is -3.01. The number of nitro benzene ring substituents is 1. The van der Waals surface area contributed by atoms with Crippen LogP contribution in [0.15, 0.2) is 66.2 Å². The van der Waals surface area contributed by atoms with Gasteiger partial charge in [0.1, 0.15) is 0 Å². The third-order valence-electron chi connectivity index (χ3n) is 3.37. The molecule has 0 saturated carbocycles. The fraction of sp³-hybridized carbons (Fsp3) is 0.105. The highest BCUT2D eigenvalue weighted by molar-refractivity contribution is 6.09. The molecule has 4 heteroatoms. The number of hydrogen-bond acceptors (Lipinski definition) is 3. The molecule has 2 rings (SSSR count). The summed E-state index contributed by atoms with van der Waals surface area (Å²) in [4.78, 5) is 22.4. The molecule has 0 amide bonds. The first kappa shape index (κ1) is 16.4. The zero-order chi connectivity index (χ0) is 16.7. The minimum absolute atomic E-state index is 0.0340. The Balaban J connectivity index is 2.12. The summed E-state index contributed by atoms with van der Waals surface area (Å²) in [6.07, 6.45) is 5.68. The first-order valence-corrected chi connectivity index (χ1v) is 7.32. The summed E-state index contributed by atoms with van der Waals surface area (Å²) in [7, 11) is 0. The quantitative estimate of drug-likeness (QED) is 0.442. The molecule has 0 fully saturated rings.